The van der Waals surface area contributed by atoms with Gasteiger partial charge in [-0.2, -0.15) is 0 Å². The minimum Gasteiger partial charge on any atom is -0.339 e. The van der Waals surface area contributed by atoms with E-state index in [9.17, 15) is 4.79 Å². The Morgan fingerprint density at radius 3 is 2.62 bits per heavy atom. The minimum absolute atomic E-state index is 0.146. The Morgan fingerprint density at radius 1 is 1.04 bits per heavy atom. The summed E-state index contributed by atoms with van der Waals surface area (Å²) in [7, 11) is 0. The molecule has 0 atom stereocenters. The van der Waals surface area contributed by atoms with Gasteiger partial charge in [-0.1, -0.05) is 29.8 Å². The molecule has 4 rings (SSSR count). The number of nitrogens with zero attached hydrogens (tertiary/aromatic N) is 3. The van der Waals surface area contributed by atoms with Gasteiger partial charge in [0.2, 0.25) is 0 Å². The highest BCUT2D eigenvalue weighted by Crippen LogP contribution is 2.21. The summed E-state index contributed by atoms with van der Waals surface area (Å²) in [5, 5.41) is 0. The van der Waals surface area contributed by atoms with Crippen molar-refractivity contribution >= 4 is 16.9 Å². The Morgan fingerprint density at radius 2 is 1.85 bits per heavy atom. The summed E-state index contributed by atoms with van der Waals surface area (Å²) in [4.78, 5) is 19.5. The largest absolute Gasteiger partial charge is 0.339 e. The average molecular weight is 347 g/mol. The van der Waals surface area contributed by atoms with Crippen LogP contribution in [0.5, 0.6) is 0 Å². The summed E-state index contributed by atoms with van der Waals surface area (Å²) in [5.74, 6) is 1.12. The molecule has 0 spiro atoms. The number of carbonyl (C=O) groups excluding carboxylic acids is 1. The van der Waals surface area contributed by atoms with Crippen molar-refractivity contribution < 1.29 is 4.79 Å². The Bertz CT molecular complexity index is 951. The molecular formula is C22H25N3O. The van der Waals surface area contributed by atoms with Gasteiger partial charge in [0.25, 0.3) is 5.91 Å². The van der Waals surface area contributed by atoms with E-state index in [0.717, 1.165) is 54.9 Å². The Labute approximate surface area is 154 Å². The van der Waals surface area contributed by atoms with E-state index in [2.05, 4.69) is 40.7 Å². The van der Waals surface area contributed by atoms with E-state index in [1.165, 1.54) is 17.5 Å². The lowest BCUT2D eigenvalue weighted by Gasteiger charge is -2.26. The molecule has 4 nitrogen and oxygen atoms in total. The van der Waals surface area contributed by atoms with Gasteiger partial charge in [-0.25, -0.2) is 4.98 Å². The van der Waals surface area contributed by atoms with Crippen LogP contribution in [-0.4, -0.2) is 33.4 Å². The number of benzene rings is 2. The molecule has 0 radical (unpaired) electrons. The van der Waals surface area contributed by atoms with Crippen LogP contribution >= 0.6 is 0 Å². The van der Waals surface area contributed by atoms with E-state index >= 15 is 0 Å². The van der Waals surface area contributed by atoms with Crippen LogP contribution < -0.4 is 0 Å². The molecule has 134 valence electrons. The number of amides is 1. The predicted molar refractivity (Wildman–Crippen MR) is 105 cm³/mol. The van der Waals surface area contributed by atoms with Crippen LogP contribution in [0.3, 0.4) is 0 Å². The lowest BCUT2D eigenvalue weighted by atomic mass is 10.1. The van der Waals surface area contributed by atoms with E-state index in [-0.39, 0.29) is 5.91 Å². The average Bonchev–Trinajstić information content (AvgIpc) is 2.97. The third-order valence-corrected chi connectivity index (χ3v) is 5.25. The number of piperidine rings is 1. The maximum Gasteiger partial charge on any atom is 0.253 e. The van der Waals surface area contributed by atoms with Gasteiger partial charge in [0, 0.05) is 25.2 Å². The molecule has 1 fully saturated rings. The standard InChI is InChI=1S/C22H25N3O/c1-16-7-6-8-18(13-16)15-25-17(2)23-20-10-9-19(14-21(20)25)22(26)24-11-4-3-5-12-24/h6-10,13-14H,3-5,11-12,15H2,1-2H3. The van der Waals surface area contributed by atoms with Gasteiger partial charge in [-0.05, 0) is 56.9 Å². The van der Waals surface area contributed by atoms with Crippen molar-refractivity contribution in [3.8, 4) is 0 Å². The second kappa shape index (κ2) is 6.94. The maximum absolute atomic E-state index is 12.9. The van der Waals surface area contributed by atoms with Crippen LogP contribution in [-0.2, 0) is 6.54 Å². The first-order valence-corrected chi connectivity index (χ1v) is 9.43. The van der Waals surface area contributed by atoms with Gasteiger partial charge in [0.15, 0.2) is 0 Å². The van der Waals surface area contributed by atoms with Crippen molar-refractivity contribution in [2.45, 2.75) is 39.7 Å². The number of imidazole rings is 1. The molecule has 4 heteroatoms. The first-order valence-electron chi connectivity index (χ1n) is 9.43. The summed E-state index contributed by atoms with van der Waals surface area (Å²) >= 11 is 0. The van der Waals surface area contributed by atoms with Crippen LogP contribution in [0, 0.1) is 13.8 Å². The summed E-state index contributed by atoms with van der Waals surface area (Å²) in [6.07, 6.45) is 3.45. The first kappa shape index (κ1) is 16.8. The zero-order valence-electron chi connectivity index (χ0n) is 15.5. The van der Waals surface area contributed by atoms with Crippen molar-refractivity contribution in [3.63, 3.8) is 0 Å². The van der Waals surface area contributed by atoms with Crippen LogP contribution in [0.4, 0.5) is 0 Å². The first-order chi connectivity index (χ1) is 12.6. The lowest BCUT2D eigenvalue weighted by Crippen LogP contribution is -2.35. The van der Waals surface area contributed by atoms with Crippen LogP contribution in [0.25, 0.3) is 11.0 Å². The molecular weight excluding hydrogens is 322 g/mol. The summed E-state index contributed by atoms with van der Waals surface area (Å²) in [5.41, 5.74) is 5.26. The molecule has 2 heterocycles. The maximum atomic E-state index is 12.9. The van der Waals surface area contributed by atoms with E-state index in [1.807, 2.05) is 30.0 Å². The fourth-order valence-electron chi connectivity index (χ4n) is 3.85. The fraction of sp³-hybridized carbons (Fsp3) is 0.364. The van der Waals surface area contributed by atoms with Crippen molar-refractivity contribution in [1.29, 1.82) is 0 Å². The van der Waals surface area contributed by atoms with Crippen molar-refractivity contribution in [1.82, 2.24) is 14.5 Å². The second-order valence-corrected chi connectivity index (χ2v) is 7.29. The summed E-state index contributed by atoms with van der Waals surface area (Å²) in [6, 6.07) is 14.5. The Balaban J connectivity index is 1.69. The van der Waals surface area contributed by atoms with Crippen LogP contribution in [0.2, 0.25) is 0 Å². The van der Waals surface area contributed by atoms with Crippen molar-refractivity contribution in [3.05, 3.63) is 65.0 Å². The van der Waals surface area contributed by atoms with Gasteiger partial charge in [-0.3, -0.25) is 4.79 Å². The normalized spacial score (nSPS) is 14.8. The lowest BCUT2D eigenvalue weighted by molar-refractivity contribution is 0.0724. The fourth-order valence-corrected chi connectivity index (χ4v) is 3.85. The minimum atomic E-state index is 0.146. The van der Waals surface area contributed by atoms with Gasteiger partial charge in [-0.15, -0.1) is 0 Å². The van der Waals surface area contributed by atoms with E-state index in [4.69, 9.17) is 0 Å². The Hall–Kier alpha value is -2.62. The number of rotatable bonds is 3. The predicted octanol–water partition coefficient (Wildman–Crippen LogP) is 4.33. The summed E-state index contributed by atoms with van der Waals surface area (Å²) in [6.45, 7) is 6.65. The number of fused-ring (bicyclic) bond motifs is 1. The molecule has 1 aliphatic rings. The molecule has 2 aromatic carbocycles. The molecule has 0 unspecified atom stereocenters. The van der Waals surface area contributed by atoms with E-state index < -0.39 is 0 Å². The zero-order valence-corrected chi connectivity index (χ0v) is 15.5. The van der Waals surface area contributed by atoms with Crippen molar-refractivity contribution in [2.75, 3.05) is 13.1 Å². The number of aryl methyl sites for hydroxylation is 2. The number of likely N-dealkylation sites (tertiary alicyclic amines) is 1. The van der Waals surface area contributed by atoms with Gasteiger partial charge < -0.3 is 9.47 Å². The van der Waals surface area contributed by atoms with Crippen molar-refractivity contribution in [2.24, 2.45) is 0 Å². The quantitative estimate of drug-likeness (QED) is 0.707. The topological polar surface area (TPSA) is 38.1 Å². The number of hydrogen-bond acceptors (Lipinski definition) is 2. The third-order valence-electron chi connectivity index (χ3n) is 5.25. The SMILES string of the molecule is Cc1cccc(Cn2c(C)nc3ccc(C(=O)N4CCCCC4)cc32)c1. The number of carbonyl (C=O) groups is 1. The monoisotopic (exact) mass is 347 g/mol. The van der Waals surface area contributed by atoms with Crippen LogP contribution in [0.15, 0.2) is 42.5 Å². The van der Waals surface area contributed by atoms with Gasteiger partial charge >= 0.3 is 0 Å². The summed E-state index contributed by atoms with van der Waals surface area (Å²) < 4.78 is 2.21. The molecule has 0 aliphatic carbocycles. The molecule has 0 saturated carbocycles. The van der Waals surface area contributed by atoms with Gasteiger partial charge in [0.05, 0.1) is 11.0 Å². The van der Waals surface area contributed by atoms with Crippen LogP contribution in [0.1, 0.15) is 46.6 Å². The van der Waals surface area contributed by atoms with E-state index in [0.29, 0.717) is 0 Å². The third kappa shape index (κ3) is 3.24. The highest BCUT2D eigenvalue weighted by Gasteiger charge is 2.19. The molecule has 3 aromatic rings. The Kier molecular flexibility index (Phi) is 4.49. The zero-order chi connectivity index (χ0) is 18.1. The highest BCUT2D eigenvalue weighted by atomic mass is 16.2. The van der Waals surface area contributed by atoms with Gasteiger partial charge in [0.1, 0.15) is 5.82 Å². The molecule has 1 aliphatic heterocycles. The highest BCUT2D eigenvalue weighted by molar-refractivity contribution is 5.97. The second-order valence-electron chi connectivity index (χ2n) is 7.29. The van der Waals surface area contributed by atoms with E-state index in [1.54, 1.807) is 0 Å². The number of hydrogen-bond donors (Lipinski definition) is 0. The molecule has 26 heavy (non-hydrogen) atoms. The molecule has 1 saturated heterocycles. The number of aromatic nitrogens is 2. The molecule has 1 amide bonds. The smallest absolute Gasteiger partial charge is 0.253 e. The molecule has 0 bridgehead atoms. The molecule has 1 aromatic heterocycles. The molecule has 0 N–H and O–H groups in total.